The Bertz CT molecular complexity index is 1170. The molecule has 1 amide bonds. The topological polar surface area (TPSA) is 75.3 Å². The molecule has 0 aromatic heterocycles. The van der Waals surface area contributed by atoms with Gasteiger partial charge in [0.05, 0.1) is 11.4 Å². The van der Waals surface area contributed by atoms with Gasteiger partial charge in [0.15, 0.2) is 0 Å². The predicted molar refractivity (Wildman–Crippen MR) is 119 cm³/mol. The molecule has 152 valence electrons. The van der Waals surface area contributed by atoms with Gasteiger partial charge in [0, 0.05) is 11.3 Å². The number of hydrogen-bond donors (Lipinski definition) is 2. The highest BCUT2D eigenvalue weighted by Crippen LogP contribution is 2.30. The number of amides is 1. The number of nitrogens with one attached hydrogen (secondary N) is 2. The number of aryl methyl sites for hydroxylation is 1. The van der Waals surface area contributed by atoms with Crippen LogP contribution in [-0.4, -0.2) is 14.3 Å². The van der Waals surface area contributed by atoms with Crippen LogP contribution >= 0.6 is 0 Å². The quantitative estimate of drug-likeness (QED) is 0.618. The number of rotatable bonds is 6. The zero-order valence-electron chi connectivity index (χ0n) is 16.3. The van der Waals surface area contributed by atoms with E-state index in [0.717, 1.165) is 23.8 Å². The van der Waals surface area contributed by atoms with E-state index in [2.05, 4.69) is 16.1 Å². The van der Waals surface area contributed by atoms with E-state index in [1.807, 2.05) is 48.5 Å². The summed E-state index contributed by atoms with van der Waals surface area (Å²) in [6.07, 6.45) is 3.37. The maximum absolute atomic E-state index is 12.6. The second-order valence-electron chi connectivity index (χ2n) is 7.20. The summed E-state index contributed by atoms with van der Waals surface area (Å²) in [5.41, 5.74) is 4.12. The Hall–Kier alpha value is -3.38. The van der Waals surface area contributed by atoms with Crippen molar-refractivity contribution in [1.29, 1.82) is 0 Å². The minimum Gasteiger partial charge on any atom is -0.345 e. The van der Waals surface area contributed by atoms with E-state index in [1.54, 1.807) is 24.3 Å². The highest BCUT2D eigenvalue weighted by atomic mass is 32.2. The SMILES string of the molecule is O=C(NC1CCc2ccccc21)c1ccc(NS(=O)(=O)/C=C/c2ccccc2)cc1. The molecule has 5 nitrogen and oxygen atoms in total. The van der Waals surface area contributed by atoms with Gasteiger partial charge in [-0.25, -0.2) is 8.42 Å². The first-order valence-electron chi connectivity index (χ1n) is 9.75. The van der Waals surface area contributed by atoms with E-state index in [0.29, 0.717) is 11.3 Å². The standard InChI is InChI=1S/C24H22N2O3S/c27-24(25-23-15-12-19-8-4-5-9-22(19)23)20-10-13-21(14-11-20)26-30(28,29)17-16-18-6-2-1-3-7-18/h1-11,13-14,16-17,23,26H,12,15H2,(H,25,27)/b17-16+. The fraction of sp³-hybridized carbons (Fsp3) is 0.125. The summed E-state index contributed by atoms with van der Waals surface area (Å²) >= 11 is 0. The first-order valence-corrected chi connectivity index (χ1v) is 11.3. The van der Waals surface area contributed by atoms with Crippen LogP contribution in [0.15, 0.2) is 84.3 Å². The van der Waals surface area contributed by atoms with Crippen LogP contribution in [0.3, 0.4) is 0 Å². The van der Waals surface area contributed by atoms with Crippen molar-refractivity contribution in [3.63, 3.8) is 0 Å². The van der Waals surface area contributed by atoms with E-state index in [4.69, 9.17) is 0 Å². The third kappa shape index (κ3) is 4.78. The van der Waals surface area contributed by atoms with Crippen molar-refractivity contribution in [3.8, 4) is 0 Å². The van der Waals surface area contributed by atoms with Crippen LogP contribution in [-0.2, 0) is 16.4 Å². The molecule has 1 aliphatic rings. The lowest BCUT2D eigenvalue weighted by molar-refractivity contribution is 0.0936. The van der Waals surface area contributed by atoms with Gasteiger partial charge in [0.1, 0.15) is 0 Å². The second kappa shape index (κ2) is 8.55. The predicted octanol–water partition coefficient (Wildman–Crippen LogP) is 4.52. The lowest BCUT2D eigenvalue weighted by Crippen LogP contribution is -2.27. The fourth-order valence-corrected chi connectivity index (χ4v) is 4.44. The highest BCUT2D eigenvalue weighted by molar-refractivity contribution is 7.95. The lowest BCUT2D eigenvalue weighted by atomic mass is 10.1. The Kier molecular flexibility index (Phi) is 5.68. The van der Waals surface area contributed by atoms with Crippen molar-refractivity contribution in [2.75, 3.05) is 4.72 Å². The van der Waals surface area contributed by atoms with Crippen LogP contribution in [0.1, 0.15) is 39.5 Å². The third-order valence-electron chi connectivity index (χ3n) is 5.08. The van der Waals surface area contributed by atoms with Gasteiger partial charge in [0.2, 0.25) is 0 Å². The molecule has 1 atom stereocenters. The maximum atomic E-state index is 12.6. The minimum atomic E-state index is -3.65. The average molecular weight is 419 g/mol. The molecule has 0 bridgehead atoms. The molecule has 0 fully saturated rings. The van der Waals surface area contributed by atoms with E-state index in [9.17, 15) is 13.2 Å². The molecule has 0 aliphatic heterocycles. The first kappa shape index (κ1) is 19.9. The normalized spacial score (nSPS) is 15.7. The molecule has 3 aromatic carbocycles. The van der Waals surface area contributed by atoms with Gasteiger partial charge < -0.3 is 5.32 Å². The van der Waals surface area contributed by atoms with Gasteiger partial charge in [-0.2, -0.15) is 0 Å². The molecule has 0 spiro atoms. The Morgan fingerprint density at radius 3 is 2.37 bits per heavy atom. The first-order chi connectivity index (χ1) is 14.5. The Morgan fingerprint density at radius 1 is 0.900 bits per heavy atom. The van der Waals surface area contributed by atoms with Crippen molar-refractivity contribution < 1.29 is 13.2 Å². The zero-order valence-corrected chi connectivity index (χ0v) is 17.1. The minimum absolute atomic E-state index is 0.00926. The number of carbonyl (C=O) groups excluding carboxylic acids is 1. The van der Waals surface area contributed by atoms with Gasteiger partial charge in [-0.1, -0.05) is 54.6 Å². The summed E-state index contributed by atoms with van der Waals surface area (Å²) in [6, 6.07) is 23.8. The Morgan fingerprint density at radius 2 is 1.60 bits per heavy atom. The van der Waals surface area contributed by atoms with Crippen molar-refractivity contribution in [1.82, 2.24) is 5.32 Å². The molecular formula is C24H22N2O3S. The molecule has 1 unspecified atom stereocenters. The Labute approximate surface area is 176 Å². The largest absolute Gasteiger partial charge is 0.345 e. The monoisotopic (exact) mass is 418 g/mol. The van der Waals surface area contributed by atoms with Gasteiger partial charge >= 0.3 is 0 Å². The summed E-state index contributed by atoms with van der Waals surface area (Å²) in [5.74, 6) is -0.171. The van der Waals surface area contributed by atoms with Crippen molar-refractivity contribution >= 4 is 27.7 Å². The molecule has 4 rings (SSSR count). The zero-order chi connectivity index (χ0) is 21.0. The van der Waals surface area contributed by atoms with Crippen LogP contribution in [0.2, 0.25) is 0 Å². The fourth-order valence-electron chi connectivity index (χ4n) is 3.57. The molecule has 6 heteroatoms. The number of anilines is 1. The van der Waals surface area contributed by atoms with Crippen molar-refractivity contribution in [3.05, 3.63) is 107 Å². The molecule has 30 heavy (non-hydrogen) atoms. The number of fused-ring (bicyclic) bond motifs is 1. The van der Waals surface area contributed by atoms with Gasteiger partial charge in [0.25, 0.3) is 15.9 Å². The molecule has 0 saturated carbocycles. The van der Waals surface area contributed by atoms with Crippen LogP contribution in [0.25, 0.3) is 6.08 Å². The number of sulfonamides is 1. The number of hydrogen-bond acceptors (Lipinski definition) is 3. The van der Waals surface area contributed by atoms with Crippen molar-refractivity contribution in [2.24, 2.45) is 0 Å². The van der Waals surface area contributed by atoms with Gasteiger partial charge in [-0.15, -0.1) is 0 Å². The van der Waals surface area contributed by atoms with E-state index in [1.165, 1.54) is 17.2 Å². The highest BCUT2D eigenvalue weighted by Gasteiger charge is 2.23. The van der Waals surface area contributed by atoms with Gasteiger partial charge in [-0.05, 0) is 59.9 Å². The summed E-state index contributed by atoms with van der Waals surface area (Å²) < 4.78 is 27.0. The lowest BCUT2D eigenvalue weighted by Gasteiger charge is -2.14. The number of carbonyl (C=O) groups is 1. The smallest absolute Gasteiger partial charge is 0.255 e. The van der Waals surface area contributed by atoms with Crippen molar-refractivity contribution in [2.45, 2.75) is 18.9 Å². The maximum Gasteiger partial charge on any atom is 0.255 e. The third-order valence-corrected chi connectivity index (χ3v) is 6.10. The summed E-state index contributed by atoms with van der Waals surface area (Å²) in [5, 5.41) is 4.19. The van der Waals surface area contributed by atoms with E-state index in [-0.39, 0.29) is 11.9 Å². The molecule has 0 saturated heterocycles. The van der Waals surface area contributed by atoms with Crippen LogP contribution in [0.4, 0.5) is 5.69 Å². The van der Waals surface area contributed by atoms with E-state index >= 15 is 0 Å². The van der Waals surface area contributed by atoms with Crippen LogP contribution in [0, 0.1) is 0 Å². The Balaban J connectivity index is 1.39. The number of benzene rings is 3. The second-order valence-corrected chi connectivity index (χ2v) is 8.77. The van der Waals surface area contributed by atoms with Crippen LogP contribution < -0.4 is 10.0 Å². The molecular weight excluding hydrogens is 396 g/mol. The molecule has 0 heterocycles. The summed E-state index contributed by atoms with van der Waals surface area (Å²) in [6.45, 7) is 0. The van der Waals surface area contributed by atoms with Gasteiger partial charge in [-0.3, -0.25) is 9.52 Å². The molecule has 1 aliphatic carbocycles. The summed E-state index contributed by atoms with van der Waals surface area (Å²) in [7, 11) is -3.65. The van der Waals surface area contributed by atoms with Crippen LogP contribution in [0.5, 0.6) is 0 Å². The average Bonchev–Trinajstić information content (AvgIpc) is 3.16. The molecule has 0 radical (unpaired) electrons. The molecule has 2 N–H and O–H groups in total. The molecule has 3 aromatic rings. The summed E-state index contributed by atoms with van der Waals surface area (Å²) in [4.78, 5) is 12.6. The van der Waals surface area contributed by atoms with E-state index < -0.39 is 10.0 Å².